The molecule has 2 atom stereocenters. The van der Waals surface area contributed by atoms with Crippen molar-refractivity contribution in [1.29, 1.82) is 0 Å². The average Bonchev–Trinajstić information content (AvgIpc) is 3.38. The first-order valence-corrected chi connectivity index (χ1v) is 13.4. The Kier molecular flexibility index (Phi) is 6.12. The lowest BCUT2D eigenvalue weighted by Gasteiger charge is -2.37. The molecule has 2 fully saturated rings. The number of carbonyl (C=O) groups excluding carboxylic acids is 2. The fourth-order valence-corrected chi connectivity index (χ4v) is 6.72. The van der Waals surface area contributed by atoms with Crippen LogP contribution in [0.3, 0.4) is 0 Å². The number of piperidine rings is 1. The molecule has 4 heteroatoms. The second-order valence-electron chi connectivity index (χ2n) is 10.6. The molecule has 184 valence electrons. The smallest absolute Gasteiger partial charge is 0.410 e. The molecular formula is C32H33NO3. The molecule has 2 bridgehead atoms. The summed E-state index contributed by atoms with van der Waals surface area (Å²) in [7, 11) is 0. The van der Waals surface area contributed by atoms with E-state index in [9.17, 15) is 9.59 Å². The van der Waals surface area contributed by atoms with Gasteiger partial charge in [-0.2, -0.15) is 0 Å². The van der Waals surface area contributed by atoms with Crippen molar-refractivity contribution in [3.8, 4) is 11.1 Å². The van der Waals surface area contributed by atoms with E-state index < -0.39 is 0 Å². The quantitative estimate of drug-likeness (QED) is 0.357. The van der Waals surface area contributed by atoms with Crippen molar-refractivity contribution in [2.75, 3.05) is 6.61 Å². The fraction of sp³-hybridized carbons (Fsp3) is 0.375. The highest BCUT2D eigenvalue weighted by Gasteiger charge is 2.46. The Morgan fingerprint density at radius 3 is 2.00 bits per heavy atom. The topological polar surface area (TPSA) is 46.6 Å². The third-order valence-electron chi connectivity index (χ3n) is 8.43. The molecule has 3 aromatic carbocycles. The number of carbonyl (C=O) groups is 2. The largest absolute Gasteiger partial charge is 0.448 e. The lowest BCUT2D eigenvalue weighted by Crippen LogP contribution is -2.48. The zero-order valence-electron chi connectivity index (χ0n) is 20.9. The first-order chi connectivity index (χ1) is 17.6. The van der Waals surface area contributed by atoms with E-state index in [2.05, 4.69) is 67.6 Å². The summed E-state index contributed by atoms with van der Waals surface area (Å²) in [6.45, 7) is 2.51. The fourth-order valence-electron chi connectivity index (χ4n) is 6.72. The van der Waals surface area contributed by atoms with Gasteiger partial charge in [-0.25, -0.2) is 4.79 Å². The Morgan fingerprint density at radius 1 is 0.833 bits per heavy atom. The second-order valence-corrected chi connectivity index (χ2v) is 10.6. The van der Waals surface area contributed by atoms with E-state index in [0.717, 1.165) is 44.1 Å². The van der Waals surface area contributed by atoms with E-state index in [1.807, 2.05) is 17.0 Å². The summed E-state index contributed by atoms with van der Waals surface area (Å²) in [5, 5.41) is 0. The van der Waals surface area contributed by atoms with Gasteiger partial charge in [0.05, 0.1) is 0 Å². The maximum absolute atomic E-state index is 13.3. The zero-order valence-corrected chi connectivity index (χ0v) is 20.9. The molecule has 3 aromatic rings. The molecule has 1 amide bonds. The molecule has 2 unspecified atom stereocenters. The lowest BCUT2D eigenvalue weighted by molar-refractivity contribution is 0.0506. The Morgan fingerprint density at radius 2 is 1.42 bits per heavy atom. The summed E-state index contributed by atoms with van der Waals surface area (Å²) in [4.78, 5) is 28.5. The number of hydrogen-bond acceptors (Lipinski definition) is 3. The number of fused-ring (bicyclic) bond motifs is 5. The minimum absolute atomic E-state index is 0.0165. The molecule has 2 saturated heterocycles. The molecule has 0 spiro atoms. The summed E-state index contributed by atoms with van der Waals surface area (Å²) >= 11 is 0. The van der Waals surface area contributed by atoms with E-state index in [-0.39, 0.29) is 35.8 Å². The highest BCUT2D eigenvalue weighted by molar-refractivity contribution is 5.98. The van der Waals surface area contributed by atoms with E-state index in [1.54, 1.807) is 0 Å². The second kappa shape index (κ2) is 9.57. The van der Waals surface area contributed by atoms with E-state index in [1.165, 1.54) is 27.8 Å². The summed E-state index contributed by atoms with van der Waals surface area (Å²) in [5.41, 5.74) is 6.99. The molecule has 0 saturated carbocycles. The van der Waals surface area contributed by atoms with Crippen molar-refractivity contribution in [3.05, 3.63) is 95.1 Å². The number of ketones is 1. The molecular weight excluding hydrogens is 446 g/mol. The van der Waals surface area contributed by atoms with Crippen LogP contribution in [0.15, 0.2) is 72.8 Å². The van der Waals surface area contributed by atoms with Crippen LogP contribution in [-0.4, -0.2) is 35.5 Å². The zero-order chi connectivity index (χ0) is 24.6. The van der Waals surface area contributed by atoms with Crippen molar-refractivity contribution in [3.63, 3.8) is 0 Å². The van der Waals surface area contributed by atoms with Gasteiger partial charge in [0, 0.05) is 29.5 Å². The van der Waals surface area contributed by atoms with Crippen molar-refractivity contribution in [2.24, 2.45) is 5.92 Å². The number of hydrogen-bond donors (Lipinski definition) is 0. The van der Waals surface area contributed by atoms with Gasteiger partial charge in [0.25, 0.3) is 0 Å². The summed E-state index contributed by atoms with van der Waals surface area (Å²) in [6, 6.07) is 25.1. The van der Waals surface area contributed by atoms with Gasteiger partial charge in [0.15, 0.2) is 5.78 Å². The Labute approximate surface area is 213 Å². The molecule has 0 radical (unpaired) electrons. The number of ether oxygens (including phenoxy) is 1. The molecule has 2 aliphatic heterocycles. The third kappa shape index (κ3) is 4.03. The average molecular weight is 480 g/mol. The molecule has 6 rings (SSSR count). The van der Waals surface area contributed by atoms with Gasteiger partial charge in [-0.05, 0) is 59.9 Å². The molecule has 4 nitrogen and oxygen atoms in total. The van der Waals surface area contributed by atoms with Crippen LogP contribution in [0.2, 0.25) is 0 Å². The molecule has 0 N–H and O–H groups in total. The van der Waals surface area contributed by atoms with Gasteiger partial charge in [-0.3, -0.25) is 4.79 Å². The third-order valence-corrected chi connectivity index (χ3v) is 8.43. The van der Waals surface area contributed by atoms with Crippen molar-refractivity contribution in [2.45, 2.75) is 63.5 Å². The number of aryl methyl sites for hydroxylation is 1. The standard InChI is InChI=1S/C32H33NO3/c1-2-7-21-12-14-22(15-13-21)31(34)23-18-24-16-17-25(19-23)33(24)32(35)36-20-30-28-10-5-3-8-26(28)27-9-4-6-11-29(27)30/h3-6,8-15,23-25,30H,2,7,16-20H2,1H3. The number of amides is 1. The highest BCUT2D eigenvalue weighted by atomic mass is 16.6. The van der Waals surface area contributed by atoms with Gasteiger partial charge in [0.2, 0.25) is 0 Å². The van der Waals surface area contributed by atoms with Crippen molar-refractivity contribution >= 4 is 11.9 Å². The van der Waals surface area contributed by atoms with Gasteiger partial charge >= 0.3 is 6.09 Å². The van der Waals surface area contributed by atoms with E-state index >= 15 is 0 Å². The summed E-state index contributed by atoms with van der Waals surface area (Å²) < 4.78 is 5.98. The van der Waals surface area contributed by atoms with Crippen LogP contribution in [0.5, 0.6) is 0 Å². The predicted octanol–water partition coefficient (Wildman–Crippen LogP) is 7.01. The lowest BCUT2D eigenvalue weighted by atomic mass is 9.84. The predicted molar refractivity (Wildman–Crippen MR) is 141 cm³/mol. The van der Waals surface area contributed by atoms with Crippen LogP contribution in [-0.2, 0) is 11.2 Å². The molecule has 36 heavy (non-hydrogen) atoms. The van der Waals surface area contributed by atoms with E-state index in [0.29, 0.717) is 6.61 Å². The Balaban J connectivity index is 1.12. The van der Waals surface area contributed by atoms with Crippen LogP contribution >= 0.6 is 0 Å². The van der Waals surface area contributed by atoms with Crippen LogP contribution in [0.1, 0.15) is 72.0 Å². The first kappa shape index (κ1) is 23.0. The van der Waals surface area contributed by atoms with Crippen molar-refractivity contribution in [1.82, 2.24) is 4.90 Å². The molecule has 1 aliphatic carbocycles. The molecule has 3 aliphatic rings. The monoisotopic (exact) mass is 479 g/mol. The normalized spacial score (nSPS) is 22.2. The van der Waals surface area contributed by atoms with E-state index in [4.69, 9.17) is 4.74 Å². The number of Topliss-reactive ketones (excluding diaryl/α,β-unsaturated/α-hetero) is 1. The highest BCUT2D eigenvalue weighted by Crippen LogP contribution is 2.45. The SMILES string of the molecule is CCCc1ccc(C(=O)C2CC3CCC(C2)N3C(=O)OCC2c3ccccc3-c3ccccc32)cc1. The summed E-state index contributed by atoms with van der Waals surface area (Å²) in [5.74, 6) is 0.271. The van der Waals surface area contributed by atoms with Gasteiger partial charge in [-0.15, -0.1) is 0 Å². The van der Waals surface area contributed by atoms with Gasteiger partial charge in [-0.1, -0.05) is 86.1 Å². The molecule has 0 aromatic heterocycles. The minimum Gasteiger partial charge on any atom is -0.448 e. The maximum atomic E-state index is 13.3. The number of benzene rings is 3. The Bertz CT molecular complexity index is 1220. The molecule has 2 heterocycles. The maximum Gasteiger partial charge on any atom is 0.410 e. The van der Waals surface area contributed by atoms with Crippen LogP contribution in [0.25, 0.3) is 11.1 Å². The number of rotatable bonds is 6. The first-order valence-electron chi connectivity index (χ1n) is 13.4. The van der Waals surface area contributed by atoms with Crippen LogP contribution < -0.4 is 0 Å². The van der Waals surface area contributed by atoms with Crippen molar-refractivity contribution < 1.29 is 14.3 Å². The van der Waals surface area contributed by atoms with Crippen LogP contribution in [0.4, 0.5) is 4.79 Å². The Hall–Kier alpha value is -3.40. The number of nitrogens with zero attached hydrogens (tertiary/aromatic N) is 1. The van der Waals surface area contributed by atoms with Gasteiger partial charge < -0.3 is 9.64 Å². The summed E-state index contributed by atoms with van der Waals surface area (Å²) in [6.07, 6.45) is 5.29. The van der Waals surface area contributed by atoms with Gasteiger partial charge in [0.1, 0.15) is 6.61 Å². The minimum atomic E-state index is -0.223. The van der Waals surface area contributed by atoms with Crippen LogP contribution in [0, 0.1) is 5.92 Å².